The highest BCUT2D eigenvalue weighted by atomic mass is 31.2. The van der Waals surface area contributed by atoms with Gasteiger partial charge in [-0.3, -0.25) is 13.9 Å². The van der Waals surface area contributed by atoms with Gasteiger partial charge in [0.1, 0.15) is 6.04 Å². The minimum absolute atomic E-state index is 0.0149. The van der Waals surface area contributed by atoms with E-state index in [1.807, 2.05) is 0 Å². The molecule has 0 spiro atoms. The second-order valence-corrected chi connectivity index (χ2v) is 10.9. The molecule has 30 heavy (non-hydrogen) atoms. The number of hydrogen-bond donors (Lipinski definition) is 1. The number of rotatable bonds is 14. The van der Waals surface area contributed by atoms with E-state index in [-0.39, 0.29) is 26.4 Å². The first kappa shape index (κ1) is 27.0. The molecular weight excluding hydrogens is 432 g/mol. The second kappa shape index (κ2) is 12.7. The van der Waals surface area contributed by atoms with Crippen molar-refractivity contribution in [1.82, 2.24) is 0 Å². The third-order valence-electron chi connectivity index (χ3n) is 4.25. The number of carbonyl (C=O) groups is 1. The molecule has 1 aromatic rings. The summed E-state index contributed by atoms with van der Waals surface area (Å²) >= 11 is 0. The quantitative estimate of drug-likeness (QED) is 0.319. The van der Waals surface area contributed by atoms with Crippen molar-refractivity contribution >= 4 is 21.2 Å². The van der Waals surface area contributed by atoms with E-state index in [0.717, 1.165) is 0 Å². The molecule has 0 amide bonds. The average molecular weight is 465 g/mol. The molecule has 1 rings (SSSR count). The number of esters is 1. The Balaban J connectivity index is 3.85. The van der Waals surface area contributed by atoms with Gasteiger partial charge in [-0.05, 0) is 33.3 Å². The molecule has 0 saturated carbocycles. The van der Waals surface area contributed by atoms with Crippen molar-refractivity contribution in [1.29, 1.82) is 0 Å². The number of benzene rings is 1. The molecule has 0 radical (unpaired) electrons. The van der Waals surface area contributed by atoms with Crippen LogP contribution >= 0.6 is 15.2 Å². The maximum atomic E-state index is 14.0. The molecule has 0 aliphatic heterocycles. The van der Waals surface area contributed by atoms with Crippen molar-refractivity contribution in [2.45, 2.75) is 45.1 Å². The normalized spacial score (nSPS) is 14.5. The zero-order valence-electron chi connectivity index (χ0n) is 18.2. The van der Waals surface area contributed by atoms with E-state index in [1.165, 1.54) is 7.11 Å². The molecule has 172 valence electrons. The Hall–Kier alpha value is -1.05. The van der Waals surface area contributed by atoms with E-state index in [4.69, 9.17) is 28.6 Å². The number of nitrogens with two attached hydrogens (primary N) is 1. The maximum Gasteiger partial charge on any atom is 0.346 e. The van der Waals surface area contributed by atoms with Crippen LogP contribution in [0.1, 0.15) is 39.2 Å². The standard InChI is InChI=1S/C19H33NO8P2/c1-6-25-29(22,26-7-2)19(30(23,27-8-3)28-9-4)16(17(20)18(21)24-5)15-13-11-10-12-14-15/h10-14,16-17,19H,6-9,20H2,1-5H3/t16-,17+/m1/s1. The minimum atomic E-state index is -4.14. The summed E-state index contributed by atoms with van der Waals surface area (Å²) in [5.41, 5.74) is 6.74. The van der Waals surface area contributed by atoms with Crippen molar-refractivity contribution in [3.05, 3.63) is 35.9 Å². The Morgan fingerprint density at radius 1 is 0.867 bits per heavy atom. The molecule has 9 nitrogen and oxygen atoms in total. The summed E-state index contributed by atoms with van der Waals surface area (Å²) in [6.07, 6.45) is 0. The third kappa shape index (κ3) is 6.47. The fourth-order valence-corrected chi connectivity index (χ4v) is 9.08. The summed E-state index contributed by atoms with van der Waals surface area (Å²) in [5.74, 6) is -1.86. The molecule has 0 aliphatic rings. The summed E-state index contributed by atoms with van der Waals surface area (Å²) in [6, 6.07) is 7.26. The van der Waals surface area contributed by atoms with Crippen molar-refractivity contribution in [3.63, 3.8) is 0 Å². The van der Waals surface area contributed by atoms with Crippen molar-refractivity contribution in [3.8, 4) is 0 Å². The van der Waals surface area contributed by atoms with E-state index >= 15 is 0 Å². The fraction of sp³-hybridized carbons (Fsp3) is 0.632. The number of hydrogen-bond acceptors (Lipinski definition) is 9. The van der Waals surface area contributed by atoms with Gasteiger partial charge in [0, 0.05) is 5.92 Å². The van der Waals surface area contributed by atoms with E-state index in [9.17, 15) is 13.9 Å². The molecule has 2 N–H and O–H groups in total. The fourth-order valence-electron chi connectivity index (χ4n) is 3.19. The first-order valence-corrected chi connectivity index (χ1v) is 13.1. The zero-order chi connectivity index (χ0) is 22.8. The van der Waals surface area contributed by atoms with Crippen LogP contribution in [0, 0.1) is 0 Å². The first-order chi connectivity index (χ1) is 14.2. The Morgan fingerprint density at radius 2 is 1.27 bits per heavy atom. The van der Waals surface area contributed by atoms with Crippen LogP contribution in [0.2, 0.25) is 0 Å². The topological polar surface area (TPSA) is 123 Å². The molecule has 1 aromatic carbocycles. The Bertz CT molecular complexity index is 695. The molecule has 0 fully saturated rings. The minimum Gasteiger partial charge on any atom is -0.468 e. The predicted molar refractivity (Wildman–Crippen MR) is 115 cm³/mol. The van der Waals surface area contributed by atoms with Crippen LogP contribution in [-0.2, 0) is 36.8 Å². The highest BCUT2D eigenvalue weighted by Crippen LogP contribution is 2.74. The molecule has 0 bridgehead atoms. The highest BCUT2D eigenvalue weighted by molar-refractivity contribution is 7.72. The summed E-state index contributed by atoms with van der Waals surface area (Å²) in [5, 5.41) is -1.48. The van der Waals surface area contributed by atoms with Gasteiger partial charge < -0.3 is 28.6 Å². The Labute approximate surface area is 178 Å². The molecule has 0 unspecified atom stereocenters. The van der Waals surface area contributed by atoms with Gasteiger partial charge in [0.25, 0.3) is 0 Å². The highest BCUT2D eigenvalue weighted by Gasteiger charge is 2.57. The number of ether oxygens (including phenoxy) is 1. The smallest absolute Gasteiger partial charge is 0.346 e. The summed E-state index contributed by atoms with van der Waals surface area (Å²) in [4.78, 5) is 12.4. The van der Waals surface area contributed by atoms with Gasteiger partial charge in [-0.15, -0.1) is 0 Å². The lowest BCUT2D eigenvalue weighted by Crippen LogP contribution is -2.43. The monoisotopic (exact) mass is 465 g/mol. The van der Waals surface area contributed by atoms with Crippen molar-refractivity contribution in [2.75, 3.05) is 33.5 Å². The van der Waals surface area contributed by atoms with Crippen LogP contribution in [0.15, 0.2) is 30.3 Å². The third-order valence-corrected chi connectivity index (χ3v) is 10.4. The van der Waals surface area contributed by atoms with Gasteiger partial charge in [-0.25, -0.2) is 0 Å². The van der Waals surface area contributed by atoms with Crippen LogP contribution < -0.4 is 5.73 Å². The Morgan fingerprint density at radius 3 is 1.60 bits per heavy atom. The Kier molecular flexibility index (Phi) is 11.4. The summed E-state index contributed by atoms with van der Waals surface area (Å²) in [6.45, 7) is 6.59. The van der Waals surface area contributed by atoms with Gasteiger partial charge in [-0.2, -0.15) is 0 Å². The van der Waals surface area contributed by atoms with E-state index < -0.39 is 38.5 Å². The van der Waals surface area contributed by atoms with Crippen LogP contribution in [-0.4, -0.2) is 50.9 Å². The lowest BCUT2D eigenvalue weighted by atomic mass is 9.93. The molecule has 0 heterocycles. The molecule has 2 atom stereocenters. The van der Waals surface area contributed by atoms with E-state index in [2.05, 4.69) is 0 Å². The van der Waals surface area contributed by atoms with Gasteiger partial charge in [0.05, 0.1) is 33.5 Å². The lowest BCUT2D eigenvalue weighted by molar-refractivity contribution is -0.142. The van der Waals surface area contributed by atoms with Crippen LogP contribution in [0.25, 0.3) is 0 Å². The molecule has 11 heteroatoms. The van der Waals surface area contributed by atoms with E-state index in [0.29, 0.717) is 5.56 Å². The summed E-state index contributed by atoms with van der Waals surface area (Å²) in [7, 11) is -7.08. The molecule has 0 aliphatic carbocycles. The van der Waals surface area contributed by atoms with E-state index in [1.54, 1.807) is 58.0 Å². The zero-order valence-corrected chi connectivity index (χ0v) is 20.0. The largest absolute Gasteiger partial charge is 0.468 e. The van der Waals surface area contributed by atoms with Crippen molar-refractivity contribution in [2.24, 2.45) is 5.73 Å². The van der Waals surface area contributed by atoms with Crippen molar-refractivity contribution < 1.29 is 36.8 Å². The SMILES string of the molecule is CCOP(=O)(OCC)C([C@H](c1ccccc1)[C@H](N)C(=O)OC)P(=O)(OCC)OCC. The van der Waals surface area contributed by atoms with Gasteiger partial charge in [0.15, 0.2) is 5.40 Å². The van der Waals surface area contributed by atoms with Crippen LogP contribution in [0.4, 0.5) is 0 Å². The average Bonchev–Trinajstić information content (AvgIpc) is 2.72. The number of methoxy groups -OCH3 is 1. The predicted octanol–water partition coefficient (Wildman–Crippen LogP) is 4.13. The first-order valence-electron chi connectivity index (χ1n) is 9.90. The van der Waals surface area contributed by atoms with Crippen LogP contribution in [0.3, 0.4) is 0 Å². The second-order valence-electron chi connectivity index (χ2n) is 6.15. The molecule has 0 saturated heterocycles. The molecular formula is C19H33NO8P2. The van der Waals surface area contributed by atoms with Gasteiger partial charge in [-0.1, -0.05) is 30.3 Å². The van der Waals surface area contributed by atoms with Gasteiger partial charge in [0.2, 0.25) is 0 Å². The maximum absolute atomic E-state index is 14.0. The van der Waals surface area contributed by atoms with Gasteiger partial charge >= 0.3 is 21.2 Å². The number of carbonyl (C=O) groups excluding carboxylic acids is 1. The molecule has 0 aromatic heterocycles. The summed E-state index contributed by atoms with van der Waals surface area (Å²) < 4.78 is 54.9. The lowest BCUT2D eigenvalue weighted by Gasteiger charge is -2.38. The van der Waals surface area contributed by atoms with Crippen LogP contribution in [0.5, 0.6) is 0 Å².